The van der Waals surface area contributed by atoms with Gasteiger partial charge in [-0.3, -0.25) is 14.5 Å². The Morgan fingerprint density at radius 1 is 1.31 bits per heavy atom. The average molecular weight is 354 g/mol. The molecule has 0 fully saturated rings. The molecule has 0 spiro atoms. The van der Waals surface area contributed by atoms with E-state index in [4.69, 9.17) is 5.73 Å². The van der Waals surface area contributed by atoms with E-state index in [9.17, 15) is 9.59 Å². The fourth-order valence-electron chi connectivity index (χ4n) is 2.96. The predicted molar refractivity (Wildman–Crippen MR) is 98.6 cm³/mol. The summed E-state index contributed by atoms with van der Waals surface area (Å²) >= 11 is 0. The molecule has 1 aromatic carbocycles. The molecule has 0 aliphatic rings. The number of rotatable bonds is 7. The van der Waals surface area contributed by atoms with Crippen LogP contribution in [0.1, 0.15) is 35.2 Å². The van der Waals surface area contributed by atoms with Crippen molar-refractivity contribution in [3.63, 3.8) is 0 Å². The summed E-state index contributed by atoms with van der Waals surface area (Å²) in [6, 6.07) is 6.40. The third-order valence-corrected chi connectivity index (χ3v) is 4.18. The quantitative estimate of drug-likeness (QED) is 0.664. The van der Waals surface area contributed by atoms with Crippen LogP contribution in [0.4, 0.5) is 0 Å². The van der Waals surface area contributed by atoms with Gasteiger partial charge < -0.3 is 15.3 Å². The van der Waals surface area contributed by atoms with Crippen LogP contribution in [-0.2, 0) is 19.6 Å². The summed E-state index contributed by atoms with van der Waals surface area (Å²) in [5.41, 5.74) is 6.93. The fraction of sp³-hybridized carbons (Fsp3) is 0.333. The average Bonchev–Trinajstić information content (AvgIpc) is 3.01. The number of amides is 1. The zero-order valence-corrected chi connectivity index (χ0v) is 14.9. The lowest BCUT2D eigenvalue weighted by Gasteiger charge is -2.17. The van der Waals surface area contributed by atoms with Gasteiger partial charge in [0, 0.05) is 41.3 Å². The van der Waals surface area contributed by atoms with Crippen molar-refractivity contribution >= 4 is 16.8 Å². The fourth-order valence-corrected chi connectivity index (χ4v) is 2.96. The second kappa shape index (κ2) is 7.49. The van der Waals surface area contributed by atoms with Crippen molar-refractivity contribution in [2.75, 3.05) is 7.05 Å². The van der Waals surface area contributed by atoms with Crippen molar-refractivity contribution in [2.24, 2.45) is 5.73 Å². The number of aromatic nitrogens is 4. The molecule has 2 heterocycles. The van der Waals surface area contributed by atoms with Gasteiger partial charge in [-0.2, -0.15) is 0 Å². The van der Waals surface area contributed by atoms with Gasteiger partial charge in [-0.1, -0.05) is 6.92 Å². The molecule has 1 amide bonds. The van der Waals surface area contributed by atoms with Gasteiger partial charge in [0.05, 0.1) is 6.54 Å². The predicted octanol–water partition coefficient (Wildman–Crippen LogP) is 1.26. The highest BCUT2D eigenvalue weighted by molar-refractivity contribution is 5.96. The molecule has 0 saturated heterocycles. The van der Waals surface area contributed by atoms with Crippen LogP contribution in [0.5, 0.6) is 0 Å². The van der Waals surface area contributed by atoms with Crippen LogP contribution in [0.2, 0.25) is 0 Å². The van der Waals surface area contributed by atoms with Gasteiger partial charge in [0.1, 0.15) is 12.2 Å². The van der Waals surface area contributed by atoms with Gasteiger partial charge in [-0.15, -0.1) is 10.2 Å². The number of nitrogens with one attached hydrogen (secondary N) is 1. The molecule has 2 aromatic heterocycles. The lowest BCUT2D eigenvalue weighted by atomic mass is 10.1. The molecule has 0 atom stereocenters. The molecular formula is C18H22N6O2. The van der Waals surface area contributed by atoms with Gasteiger partial charge in [0.2, 0.25) is 5.91 Å². The van der Waals surface area contributed by atoms with E-state index in [1.165, 1.54) is 6.07 Å². The van der Waals surface area contributed by atoms with E-state index in [0.717, 1.165) is 24.5 Å². The molecule has 26 heavy (non-hydrogen) atoms. The first kappa shape index (κ1) is 17.8. The summed E-state index contributed by atoms with van der Waals surface area (Å²) in [5, 5.41) is 8.59. The van der Waals surface area contributed by atoms with Crippen LogP contribution in [0.15, 0.2) is 35.4 Å². The third kappa shape index (κ3) is 3.80. The molecule has 0 aliphatic carbocycles. The van der Waals surface area contributed by atoms with E-state index >= 15 is 0 Å². The Hall–Kier alpha value is -3.00. The molecule has 0 radical (unpaired) electrons. The Kier molecular flexibility index (Phi) is 5.13. The molecule has 8 nitrogen and oxygen atoms in total. The number of H-pyrrole nitrogens is 1. The van der Waals surface area contributed by atoms with E-state index in [0.29, 0.717) is 29.6 Å². The summed E-state index contributed by atoms with van der Waals surface area (Å²) in [6.45, 7) is 4.17. The van der Waals surface area contributed by atoms with Crippen molar-refractivity contribution in [1.29, 1.82) is 0 Å². The summed E-state index contributed by atoms with van der Waals surface area (Å²) in [6.07, 6.45) is 2.75. The van der Waals surface area contributed by atoms with Crippen molar-refractivity contribution in [2.45, 2.75) is 33.0 Å². The molecule has 0 bridgehead atoms. The number of aryl methyl sites for hydroxylation is 1. The maximum absolute atomic E-state index is 12.4. The first-order chi connectivity index (χ1) is 12.5. The van der Waals surface area contributed by atoms with E-state index in [-0.39, 0.29) is 5.43 Å². The standard InChI is InChI=1S/C18H22N6O2/c1-3-6-24-11-20-22-17(24)10-23(2)9-13-8-16(25)14-7-12(18(19)26)4-5-15(14)21-13/h4-5,7-8,11H,3,6,9-10H2,1-2H3,(H2,19,26)(H,21,25). The summed E-state index contributed by atoms with van der Waals surface area (Å²) in [7, 11) is 1.96. The van der Waals surface area contributed by atoms with Gasteiger partial charge >= 0.3 is 0 Å². The molecule has 0 aliphatic heterocycles. The van der Waals surface area contributed by atoms with Crippen molar-refractivity contribution in [1.82, 2.24) is 24.6 Å². The van der Waals surface area contributed by atoms with Gasteiger partial charge in [-0.05, 0) is 31.7 Å². The van der Waals surface area contributed by atoms with Gasteiger partial charge in [0.15, 0.2) is 5.43 Å². The minimum Gasteiger partial charge on any atom is -0.366 e. The maximum atomic E-state index is 12.4. The van der Waals surface area contributed by atoms with Crippen molar-refractivity contribution < 1.29 is 4.79 Å². The van der Waals surface area contributed by atoms with Gasteiger partial charge in [-0.25, -0.2) is 0 Å². The Bertz CT molecular complexity index is 991. The highest BCUT2D eigenvalue weighted by Gasteiger charge is 2.11. The SMILES string of the molecule is CCCn1cnnc1CN(C)Cc1cc(=O)c2cc(C(N)=O)ccc2[nH]1. The lowest BCUT2D eigenvalue weighted by molar-refractivity contribution is 0.100. The van der Waals surface area contributed by atoms with Crippen molar-refractivity contribution in [3.8, 4) is 0 Å². The Labute approximate surface area is 150 Å². The number of benzene rings is 1. The molecule has 8 heteroatoms. The summed E-state index contributed by atoms with van der Waals surface area (Å²) in [4.78, 5) is 29.0. The monoisotopic (exact) mass is 354 g/mol. The van der Waals surface area contributed by atoms with Crippen LogP contribution >= 0.6 is 0 Å². The zero-order valence-electron chi connectivity index (χ0n) is 14.9. The molecule has 136 valence electrons. The number of carbonyl (C=O) groups is 1. The molecule has 3 rings (SSSR count). The number of hydrogen-bond donors (Lipinski definition) is 2. The second-order valence-electron chi connectivity index (χ2n) is 6.40. The Morgan fingerprint density at radius 3 is 2.85 bits per heavy atom. The molecule has 0 saturated carbocycles. The largest absolute Gasteiger partial charge is 0.366 e. The summed E-state index contributed by atoms with van der Waals surface area (Å²) in [5.74, 6) is 0.342. The Morgan fingerprint density at radius 2 is 2.12 bits per heavy atom. The molecule has 3 aromatic rings. The normalized spacial score (nSPS) is 11.3. The van der Waals surface area contributed by atoms with Crippen LogP contribution < -0.4 is 11.2 Å². The van der Waals surface area contributed by atoms with Crippen molar-refractivity contribution in [3.05, 3.63) is 57.9 Å². The topological polar surface area (TPSA) is 110 Å². The zero-order chi connectivity index (χ0) is 18.7. The second-order valence-corrected chi connectivity index (χ2v) is 6.40. The first-order valence-electron chi connectivity index (χ1n) is 8.49. The Balaban J connectivity index is 1.80. The number of hydrogen-bond acceptors (Lipinski definition) is 5. The van der Waals surface area contributed by atoms with Crippen LogP contribution in [-0.4, -0.2) is 37.6 Å². The molecule has 0 unspecified atom stereocenters. The van der Waals surface area contributed by atoms with Crippen LogP contribution in [0.25, 0.3) is 10.9 Å². The number of nitrogens with zero attached hydrogens (tertiary/aromatic N) is 4. The highest BCUT2D eigenvalue weighted by atomic mass is 16.1. The van der Waals surface area contributed by atoms with E-state index in [2.05, 4.69) is 27.0 Å². The third-order valence-electron chi connectivity index (χ3n) is 4.18. The number of fused-ring (bicyclic) bond motifs is 1. The molecule has 3 N–H and O–H groups in total. The summed E-state index contributed by atoms with van der Waals surface area (Å²) < 4.78 is 2.03. The number of aromatic amines is 1. The van der Waals surface area contributed by atoms with E-state index < -0.39 is 5.91 Å². The number of nitrogens with two attached hydrogens (primary N) is 1. The van der Waals surface area contributed by atoms with E-state index in [1.807, 2.05) is 11.6 Å². The first-order valence-corrected chi connectivity index (χ1v) is 8.49. The number of carbonyl (C=O) groups excluding carboxylic acids is 1. The van der Waals surface area contributed by atoms with Crippen LogP contribution in [0.3, 0.4) is 0 Å². The maximum Gasteiger partial charge on any atom is 0.248 e. The van der Waals surface area contributed by atoms with Gasteiger partial charge in [0.25, 0.3) is 0 Å². The minimum absolute atomic E-state index is 0.139. The molecular weight excluding hydrogens is 332 g/mol. The highest BCUT2D eigenvalue weighted by Crippen LogP contribution is 2.12. The van der Waals surface area contributed by atoms with E-state index in [1.54, 1.807) is 24.5 Å². The van der Waals surface area contributed by atoms with Crippen LogP contribution in [0, 0.1) is 0 Å². The number of pyridine rings is 1. The lowest BCUT2D eigenvalue weighted by Crippen LogP contribution is -2.22. The minimum atomic E-state index is -0.550. The smallest absolute Gasteiger partial charge is 0.248 e. The number of primary amides is 1.